The van der Waals surface area contributed by atoms with Gasteiger partial charge in [-0.15, -0.1) is 0 Å². The van der Waals surface area contributed by atoms with Crippen molar-refractivity contribution in [1.82, 2.24) is 0 Å². The molecule has 0 aromatic carbocycles. The summed E-state index contributed by atoms with van der Waals surface area (Å²) in [5.41, 5.74) is 1.24. The highest BCUT2D eigenvalue weighted by atomic mass is 16.3. The Balaban J connectivity index is 2.85. The van der Waals surface area contributed by atoms with Crippen LogP contribution in [-0.2, 0) is 0 Å². The van der Waals surface area contributed by atoms with Crippen LogP contribution in [0.4, 0.5) is 0 Å². The molecule has 0 aromatic heterocycles. The Morgan fingerprint density at radius 3 is 2.73 bits per heavy atom. The van der Waals surface area contributed by atoms with Crippen LogP contribution in [0.3, 0.4) is 0 Å². The smallest absolute Gasteiger partial charge is 0.0504 e. The predicted octanol–water partition coefficient (Wildman–Crippen LogP) is 2.14. The lowest BCUT2D eigenvalue weighted by Gasteiger charge is -2.35. The first-order valence-electron chi connectivity index (χ1n) is 4.04. The highest BCUT2D eigenvalue weighted by Gasteiger charge is 2.31. The van der Waals surface area contributed by atoms with Gasteiger partial charge in [-0.05, 0) is 17.4 Å². The van der Waals surface area contributed by atoms with E-state index in [1.807, 2.05) is 6.08 Å². The number of hydrogen-bond donors (Lipinski definition) is 1. The van der Waals surface area contributed by atoms with Gasteiger partial charge >= 0.3 is 0 Å². The van der Waals surface area contributed by atoms with Crippen LogP contribution in [0.1, 0.15) is 20.3 Å². The third-order valence-electron chi connectivity index (χ3n) is 2.55. The zero-order valence-electron chi connectivity index (χ0n) is 7.30. The number of aliphatic hydroxyl groups excluding tert-OH is 1. The van der Waals surface area contributed by atoms with Crippen molar-refractivity contribution in [2.45, 2.75) is 20.3 Å². The monoisotopic (exact) mass is 152 g/mol. The fraction of sp³-hybridized carbons (Fsp3) is 0.600. The molecule has 0 saturated carbocycles. The lowest BCUT2D eigenvalue weighted by atomic mass is 9.70. The molecule has 62 valence electrons. The molecule has 1 N–H and O–H groups in total. The van der Waals surface area contributed by atoms with Crippen LogP contribution in [0.15, 0.2) is 24.3 Å². The highest BCUT2D eigenvalue weighted by molar-refractivity contribution is 5.24. The van der Waals surface area contributed by atoms with Gasteiger partial charge in [-0.25, -0.2) is 0 Å². The molecule has 1 atom stereocenters. The third kappa shape index (κ3) is 1.54. The van der Waals surface area contributed by atoms with Crippen molar-refractivity contribution in [1.29, 1.82) is 0 Å². The van der Waals surface area contributed by atoms with Crippen LogP contribution >= 0.6 is 0 Å². The fourth-order valence-corrected chi connectivity index (χ4v) is 1.64. The van der Waals surface area contributed by atoms with Gasteiger partial charge in [-0.3, -0.25) is 0 Å². The van der Waals surface area contributed by atoms with E-state index in [9.17, 15) is 0 Å². The van der Waals surface area contributed by atoms with Crippen molar-refractivity contribution in [2.75, 3.05) is 6.61 Å². The molecule has 0 radical (unpaired) electrons. The summed E-state index contributed by atoms with van der Waals surface area (Å²) < 4.78 is 0. The summed E-state index contributed by atoms with van der Waals surface area (Å²) in [6.07, 6.45) is 5.19. The molecule has 0 spiro atoms. The van der Waals surface area contributed by atoms with Gasteiger partial charge in [0.05, 0.1) is 6.61 Å². The van der Waals surface area contributed by atoms with Crippen LogP contribution < -0.4 is 0 Å². The second-order valence-electron chi connectivity index (χ2n) is 3.91. The minimum absolute atomic E-state index is 0.181. The summed E-state index contributed by atoms with van der Waals surface area (Å²) in [6, 6.07) is 0. The van der Waals surface area contributed by atoms with Gasteiger partial charge in [0.1, 0.15) is 0 Å². The molecule has 0 bridgehead atoms. The zero-order chi connectivity index (χ0) is 8.48. The molecule has 1 rings (SSSR count). The molecule has 1 nitrogen and oxygen atoms in total. The average Bonchev–Trinajstić information content (AvgIpc) is 1.86. The van der Waals surface area contributed by atoms with E-state index < -0.39 is 0 Å². The summed E-state index contributed by atoms with van der Waals surface area (Å²) in [6.45, 7) is 8.47. The Bertz CT molecular complexity index is 189. The highest BCUT2D eigenvalue weighted by Crippen LogP contribution is 2.38. The Hall–Kier alpha value is -0.560. The number of allylic oxidation sites excluding steroid dienone is 2. The second kappa shape index (κ2) is 2.82. The molecule has 0 aromatic rings. The first-order valence-corrected chi connectivity index (χ1v) is 4.04. The molecular weight excluding hydrogens is 136 g/mol. The largest absolute Gasteiger partial charge is 0.396 e. The van der Waals surface area contributed by atoms with Gasteiger partial charge in [0.25, 0.3) is 0 Å². The quantitative estimate of drug-likeness (QED) is 0.610. The summed E-state index contributed by atoms with van der Waals surface area (Å²) in [5, 5.41) is 9.10. The SMILES string of the molecule is C=C1C=CCC(C)(C)C1CO. The molecule has 1 aliphatic rings. The predicted molar refractivity (Wildman–Crippen MR) is 47.3 cm³/mol. The molecule has 0 heterocycles. The van der Waals surface area contributed by atoms with Crippen LogP contribution in [0.25, 0.3) is 0 Å². The number of aliphatic hydroxyl groups is 1. The molecule has 0 saturated heterocycles. The minimum Gasteiger partial charge on any atom is -0.396 e. The maximum absolute atomic E-state index is 9.10. The van der Waals surface area contributed by atoms with Crippen molar-refractivity contribution >= 4 is 0 Å². The van der Waals surface area contributed by atoms with E-state index >= 15 is 0 Å². The van der Waals surface area contributed by atoms with Crippen molar-refractivity contribution in [3.05, 3.63) is 24.3 Å². The van der Waals surface area contributed by atoms with E-state index in [0.29, 0.717) is 0 Å². The molecule has 11 heavy (non-hydrogen) atoms. The topological polar surface area (TPSA) is 20.2 Å². The summed E-state index contributed by atoms with van der Waals surface area (Å²) in [4.78, 5) is 0. The second-order valence-corrected chi connectivity index (χ2v) is 3.91. The van der Waals surface area contributed by atoms with Gasteiger partial charge in [0, 0.05) is 5.92 Å². The first-order chi connectivity index (χ1) is 5.08. The Labute approximate surface area is 68.4 Å². The number of hydrogen-bond acceptors (Lipinski definition) is 1. The molecule has 0 aliphatic heterocycles. The van der Waals surface area contributed by atoms with Gasteiger partial charge < -0.3 is 5.11 Å². The van der Waals surface area contributed by atoms with Gasteiger partial charge in [0.2, 0.25) is 0 Å². The Morgan fingerprint density at radius 2 is 2.36 bits per heavy atom. The lowest BCUT2D eigenvalue weighted by Crippen LogP contribution is -2.29. The first kappa shape index (κ1) is 8.54. The summed E-state index contributed by atoms with van der Waals surface area (Å²) in [5.74, 6) is 0.243. The van der Waals surface area contributed by atoms with Crippen LogP contribution in [0.5, 0.6) is 0 Å². The summed E-state index contributed by atoms with van der Waals surface area (Å²) in [7, 11) is 0. The average molecular weight is 152 g/mol. The maximum atomic E-state index is 9.10. The van der Waals surface area contributed by atoms with E-state index in [-0.39, 0.29) is 17.9 Å². The van der Waals surface area contributed by atoms with Gasteiger partial charge in [-0.2, -0.15) is 0 Å². The van der Waals surface area contributed by atoms with E-state index in [1.165, 1.54) is 0 Å². The molecule has 1 heteroatoms. The van der Waals surface area contributed by atoms with Crippen LogP contribution in [0.2, 0.25) is 0 Å². The molecule has 0 amide bonds. The minimum atomic E-state index is 0.181. The Morgan fingerprint density at radius 1 is 1.73 bits per heavy atom. The zero-order valence-corrected chi connectivity index (χ0v) is 7.30. The van der Waals surface area contributed by atoms with E-state index in [2.05, 4.69) is 26.5 Å². The molecular formula is C10H16O. The molecule has 1 unspecified atom stereocenters. The lowest BCUT2D eigenvalue weighted by molar-refractivity contribution is 0.144. The Kier molecular flexibility index (Phi) is 2.19. The normalized spacial score (nSPS) is 29.0. The fourth-order valence-electron chi connectivity index (χ4n) is 1.64. The molecule has 0 fully saturated rings. The van der Waals surface area contributed by atoms with Crippen molar-refractivity contribution in [3.63, 3.8) is 0 Å². The van der Waals surface area contributed by atoms with E-state index in [0.717, 1.165) is 12.0 Å². The maximum Gasteiger partial charge on any atom is 0.0504 e. The van der Waals surface area contributed by atoms with E-state index in [4.69, 9.17) is 5.11 Å². The number of rotatable bonds is 1. The van der Waals surface area contributed by atoms with Crippen LogP contribution in [-0.4, -0.2) is 11.7 Å². The van der Waals surface area contributed by atoms with Crippen molar-refractivity contribution in [2.24, 2.45) is 11.3 Å². The van der Waals surface area contributed by atoms with Crippen molar-refractivity contribution in [3.8, 4) is 0 Å². The van der Waals surface area contributed by atoms with Gasteiger partial charge in [0.15, 0.2) is 0 Å². The van der Waals surface area contributed by atoms with E-state index in [1.54, 1.807) is 0 Å². The third-order valence-corrected chi connectivity index (χ3v) is 2.55. The summed E-state index contributed by atoms with van der Waals surface area (Å²) >= 11 is 0. The molecule has 1 aliphatic carbocycles. The van der Waals surface area contributed by atoms with Crippen LogP contribution in [0, 0.1) is 11.3 Å². The standard InChI is InChI=1S/C10H16O/c1-8-5-4-6-10(2,3)9(8)7-11/h4-5,9,11H,1,6-7H2,2-3H3. The van der Waals surface area contributed by atoms with Crippen molar-refractivity contribution < 1.29 is 5.11 Å². The van der Waals surface area contributed by atoms with Gasteiger partial charge in [-0.1, -0.05) is 32.6 Å².